The third kappa shape index (κ3) is 4.54. The quantitative estimate of drug-likeness (QED) is 0.471. The molecule has 0 spiro atoms. The van der Waals surface area contributed by atoms with Crippen molar-refractivity contribution in [1.82, 2.24) is 4.98 Å². The number of carbonyl (C=O) groups excluding carboxylic acids is 1. The van der Waals surface area contributed by atoms with Crippen LogP contribution in [0.5, 0.6) is 0 Å². The van der Waals surface area contributed by atoms with Crippen LogP contribution in [-0.2, 0) is 16.1 Å². The summed E-state index contributed by atoms with van der Waals surface area (Å²) in [5, 5.41) is 0.405. The molecule has 2 aromatic carbocycles. The molecule has 0 saturated heterocycles. The summed E-state index contributed by atoms with van der Waals surface area (Å²) in [7, 11) is 0. The van der Waals surface area contributed by atoms with Crippen LogP contribution in [0.25, 0.3) is 10.9 Å². The maximum Gasteiger partial charge on any atom is 0.306 e. The highest BCUT2D eigenvalue weighted by molar-refractivity contribution is 7.99. The van der Waals surface area contributed by atoms with Crippen LogP contribution in [0.4, 0.5) is 8.78 Å². The molecule has 0 bridgehead atoms. The van der Waals surface area contributed by atoms with Crippen molar-refractivity contribution in [2.45, 2.75) is 17.9 Å². The van der Waals surface area contributed by atoms with Gasteiger partial charge in [0.05, 0.1) is 11.9 Å². The minimum atomic E-state index is -0.353. The SMILES string of the molecule is O=C(CCSc1ccc(F)cc1)OCc1ccc(F)c2cccnc12. The van der Waals surface area contributed by atoms with Crippen LogP contribution in [0.1, 0.15) is 12.0 Å². The van der Waals surface area contributed by atoms with E-state index in [1.54, 1.807) is 36.5 Å². The molecule has 128 valence electrons. The Morgan fingerprint density at radius 2 is 1.88 bits per heavy atom. The first-order valence-corrected chi connectivity index (χ1v) is 8.68. The highest BCUT2D eigenvalue weighted by Crippen LogP contribution is 2.21. The predicted octanol–water partition coefficient (Wildman–Crippen LogP) is 4.74. The third-order valence-corrected chi connectivity index (χ3v) is 4.59. The number of hydrogen-bond donors (Lipinski definition) is 0. The molecule has 0 aliphatic heterocycles. The molecule has 0 aliphatic carbocycles. The van der Waals surface area contributed by atoms with E-state index >= 15 is 0 Å². The molecule has 0 saturated carbocycles. The molecule has 3 aromatic rings. The van der Waals surface area contributed by atoms with Crippen molar-refractivity contribution in [2.75, 3.05) is 5.75 Å². The Labute approximate surface area is 148 Å². The lowest BCUT2D eigenvalue weighted by Gasteiger charge is -2.08. The molecule has 1 aromatic heterocycles. The van der Waals surface area contributed by atoms with E-state index in [0.29, 0.717) is 22.2 Å². The van der Waals surface area contributed by atoms with Crippen LogP contribution in [0, 0.1) is 11.6 Å². The highest BCUT2D eigenvalue weighted by atomic mass is 32.2. The summed E-state index contributed by atoms with van der Waals surface area (Å²) in [5.41, 5.74) is 1.16. The summed E-state index contributed by atoms with van der Waals surface area (Å²) in [6.07, 6.45) is 1.81. The van der Waals surface area contributed by atoms with Gasteiger partial charge in [0.15, 0.2) is 0 Å². The maximum atomic E-state index is 13.7. The summed E-state index contributed by atoms with van der Waals surface area (Å²) < 4.78 is 31.8. The van der Waals surface area contributed by atoms with E-state index in [0.717, 1.165) is 4.90 Å². The fourth-order valence-electron chi connectivity index (χ4n) is 2.33. The van der Waals surface area contributed by atoms with E-state index in [1.165, 1.54) is 30.0 Å². The molecule has 0 N–H and O–H groups in total. The average Bonchev–Trinajstić information content (AvgIpc) is 2.63. The Hall–Kier alpha value is -2.47. The van der Waals surface area contributed by atoms with Gasteiger partial charge in [0, 0.05) is 27.8 Å². The van der Waals surface area contributed by atoms with E-state index < -0.39 is 0 Å². The van der Waals surface area contributed by atoms with Gasteiger partial charge in [-0.25, -0.2) is 8.78 Å². The van der Waals surface area contributed by atoms with E-state index in [2.05, 4.69) is 4.98 Å². The number of pyridine rings is 1. The van der Waals surface area contributed by atoms with Crippen molar-refractivity contribution in [3.63, 3.8) is 0 Å². The van der Waals surface area contributed by atoms with Gasteiger partial charge in [-0.1, -0.05) is 6.07 Å². The number of nitrogens with zero attached hydrogens (tertiary/aromatic N) is 1. The zero-order chi connectivity index (χ0) is 17.6. The monoisotopic (exact) mass is 359 g/mol. The van der Waals surface area contributed by atoms with Crippen LogP contribution < -0.4 is 0 Å². The van der Waals surface area contributed by atoms with E-state index in [-0.39, 0.29) is 30.6 Å². The van der Waals surface area contributed by atoms with Crippen molar-refractivity contribution in [3.8, 4) is 0 Å². The molecule has 1 heterocycles. The van der Waals surface area contributed by atoms with E-state index in [4.69, 9.17) is 4.74 Å². The molecule has 6 heteroatoms. The van der Waals surface area contributed by atoms with Crippen molar-refractivity contribution >= 4 is 28.6 Å². The fraction of sp³-hybridized carbons (Fsp3) is 0.158. The Morgan fingerprint density at radius 3 is 2.68 bits per heavy atom. The third-order valence-electron chi connectivity index (χ3n) is 3.58. The van der Waals surface area contributed by atoms with Gasteiger partial charge in [-0.3, -0.25) is 9.78 Å². The second-order valence-corrected chi connectivity index (χ2v) is 6.49. The number of thioether (sulfide) groups is 1. The maximum absolute atomic E-state index is 13.7. The van der Waals surface area contributed by atoms with Crippen molar-refractivity contribution in [2.24, 2.45) is 0 Å². The Bertz CT molecular complexity index is 884. The summed E-state index contributed by atoms with van der Waals surface area (Å²) >= 11 is 1.45. The molecule has 3 nitrogen and oxygen atoms in total. The lowest BCUT2D eigenvalue weighted by atomic mass is 10.1. The Morgan fingerprint density at radius 1 is 1.08 bits per heavy atom. The average molecular weight is 359 g/mol. The van der Waals surface area contributed by atoms with Gasteiger partial charge in [-0.15, -0.1) is 11.8 Å². The van der Waals surface area contributed by atoms with Gasteiger partial charge in [0.1, 0.15) is 18.2 Å². The highest BCUT2D eigenvalue weighted by Gasteiger charge is 2.09. The number of ether oxygens (including phenoxy) is 1. The summed E-state index contributed by atoms with van der Waals surface area (Å²) in [6, 6.07) is 12.3. The summed E-state index contributed by atoms with van der Waals surface area (Å²) in [5.74, 6) is -0.451. The number of halogens is 2. The molecule has 0 radical (unpaired) electrons. The normalized spacial score (nSPS) is 10.8. The molecular weight excluding hydrogens is 344 g/mol. The first-order chi connectivity index (χ1) is 12.1. The van der Waals surface area contributed by atoms with Gasteiger partial charge in [-0.2, -0.15) is 0 Å². The van der Waals surface area contributed by atoms with Crippen LogP contribution in [0.15, 0.2) is 59.6 Å². The number of aromatic nitrogens is 1. The Kier molecular flexibility index (Phi) is 5.60. The molecule has 0 fully saturated rings. The zero-order valence-electron chi connectivity index (χ0n) is 13.2. The first-order valence-electron chi connectivity index (χ1n) is 7.69. The second-order valence-electron chi connectivity index (χ2n) is 5.32. The number of benzene rings is 2. The number of fused-ring (bicyclic) bond motifs is 1. The molecular formula is C19H15F2NO2S. The van der Waals surface area contributed by atoms with Gasteiger partial charge >= 0.3 is 5.97 Å². The van der Waals surface area contributed by atoms with Crippen LogP contribution in [-0.4, -0.2) is 16.7 Å². The lowest BCUT2D eigenvalue weighted by Crippen LogP contribution is -2.06. The standard InChI is InChI=1S/C19H15F2NO2S/c20-14-4-6-15(7-5-14)25-11-9-18(23)24-12-13-3-8-17(21)16-2-1-10-22-19(13)16/h1-8,10H,9,11-12H2. The van der Waals surface area contributed by atoms with E-state index in [9.17, 15) is 13.6 Å². The number of hydrogen-bond acceptors (Lipinski definition) is 4. The largest absolute Gasteiger partial charge is 0.461 e. The molecule has 3 rings (SSSR count). The van der Waals surface area contributed by atoms with Gasteiger partial charge in [0.2, 0.25) is 0 Å². The minimum absolute atomic E-state index is 0.0494. The number of esters is 1. The Balaban J connectivity index is 1.52. The van der Waals surface area contributed by atoms with Crippen molar-refractivity contribution in [3.05, 3.63) is 71.9 Å². The molecule has 0 atom stereocenters. The first kappa shape index (κ1) is 17.4. The number of carbonyl (C=O) groups is 1. The van der Waals surface area contributed by atoms with Crippen LogP contribution >= 0.6 is 11.8 Å². The molecule has 0 amide bonds. The second kappa shape index (κ2) is 8.07. The summed E-state index contributed by atoms with van der Waals surface area (Å²) in [6.45, 7) is 0.0494. The van der Waals surface area contributed by atoms with Gasteiger partial charge < -0.3 is 4.74 Å². The summed E-state index contributed by atoms with van der Waals surface area (Å²) in [4.78, 5) is 16.9. The van der Waals surface area contributed by atoms with Gasteiger partial charge in [-0.05, 0) is 42.5 Å². The van der Waals surface area contributed by atoms with E-state index in [1.807, 2.05) is 0 Å². The van der Waals surface area contributed by atoms with Crippen LogP contribution in [0.2, 0.25) is 0 Å². The smallest absolute Gasteiger partial charge is 0.306 e. The molecule has 0 unspecified atom stereocenters. The molecule has 25 heavy (non-hydrogen) atoms. The minimum Gasteiger partial charge on any atom is -0.461 e. The lowest BCUT2D eigenvalue weighted by molar-refractivity contribution is -0.144. The van der Waals surface area contributed by atoms with Crippen LogP contribution in [0.3, 0.4) is 0 Å². The van der Waals surface area contributed by atoms with Gasteiger partial charge in [0.25, 0.3) is 0 Å². The topological polar surface area (TPSA) is 39.2 Å². The van der Waals surface area contributed by atoms with Crippen molar-refractivity contribution < 1.29 is 18.3 Å². The van der Waals surface area contributed by atoms with Crippen molar-refractivity contribution in [1.29, 1.82) is 0 Å². The molecule has 0 aliphatic rings. The fourth-order valence-corrected chi connectivity index (χ4v) is 3.16. The zero-order valence-corrected chi connectivity index (χ0v) is 14.1. The predicted molar refractivity (Wildman–Crippen MR) is 93.2 cm³/mol. The number of rotatable bonds is 6.